The van der Waals surface area contributed by atoms with Crippen LogP contribution in [0.5, 0.6) is 11.5 Å². The molecule has 0 saturated carbocycles. The van der Waals surface area contributed by atoms with Gasteiger partial charge in [0.25, 0.3) is 0 Å². The maximum Gasteiger partial charge on any atom is 0.492 e. The maximum absolute atomic E-state index is 11.6. The van der Waals surface area contributed by atoms with Crippen molar-refractivity contribution in [3.63, 3.8) is 0 Å². The summed E-state index contributed by atoms with van der Waals surface area (Å²) in [6, 6.07) is 14.3. The number of thiazole rings is 2. The first-order valence-corrected chi connectivity index (χ1v) is 14.2. The standard InChI is InChI=1S/C13H13NO3S.C7H9BO3.C6H6BrNO2S/c1-3-17-13(15)11-8-14-12(18-11)9-6-4-5-7-10(9)16-2;1-11-7-5-3-2-4-6(7)8(9)10;1-2-10-5(9)4-3-8-6(7)11-4/h4-8H,3H2,1-2H3;2-5,9-10H,1H3;3H,2H2,1H3. The van der Waals surface area contributed by atoms with Crippen LogP contribution in [0.4, 0.5) is 0 Å². The lowest BCUT2D eigenvalue weighted by Gasteiger charge is -2.05. The molecule has 2 aromatic heterocycles. The number of ether oxygens (including phenoxy) is 4. The molecule has 0 fully saturated rings. The number of carbonyl (C=O) groups is 2. The van der Waals surface area contributed by atoms with Crippen molar-refractivity contribution in [2.75, 3.05) is 27.4 Å². The first-order chi connectivity index (χ1) is 19.2. The second kappa shape index (κ2) is 17.4. The monoisotopic (exact) mass is 650 g/mol. The number of hydrogen-bond donors (Lipinski definition) is 2. The summed E-state index contributed by atoms with van der Waals surface area (Å²) < 4.78 is 20.5. The lowest BCUT2D eigenvalue weighted by Crippen LogP contribution is -2.30. The van der Waals surface area contributed by atoms with Gasteiger partial charge in [-0.15, -0.1) is 22.7 Å². The van der Waals surface area contributed by atoms with Crippen molar-refractivity contribution in [1.82, 2.24) is 9.97 Å². The van der Waals surface area contributed by atoms with Crippen LogP contribution >= 0.6 is 38.6 Å². The van der Waals surface area contributed by atoms with Gasteiger partial charge in [0.1, 0.15) is 26.3 Å². The van der Waals surface area contributed by atoms with Crippen LogP contribution in [0.1, 0.15) is 33.2 Å². The Morgan fingerprint density at radius 3 is 1.85 bits per heavy atom. The molecule has 10 nitrogen and oxygen atoms in total. The molecule has 0 bridgehead atoms. The number of carbonyl (C=O) groups excluding carboxylic acids is 2. The Kier molecular flexibility index (Phi) is 14.3. The van der Waals surface area contributed by atoms with Crippen LogP contribution in [-0.2, 0) is 9.47 Å². The van der Waals surface area contributed by atoms with Crippen molar-refractivity contribution < 1.29 is 38.6 Å². The summed E-state index contributed by atoms with van der Waals surface area (Å²) in [4.78, 5) is 31.7. The second-order valence-corrected chi connectivity index (χ2v) is 10.6. The molecule has 0 spiro atoms. The van der Waals surface area contributed by atoms with Gasteiger partial charge in [-0.2, -0.15) is 0 Å². The van der Waals surface area contributed by atoms with Gasteiger partial charge in [0.05, 0.1) is 45.4 Å². The van der Waals surface area contributed by atoms with Crippen molar-refractivity contribution in [3.8, 4) is 22.1 Å². The van der Waals surface area contributed by atoms with E-state index in [0.717, 1.165) is 16.3 Å². The van der Waals surface area contributed by atoms with Gasteiger partial charge in [-0.1, -0.05) is 30.3 Å². The first kappa shape index (κ1) is 32.9. The number of benzene rings is 2. The van der Waals surface area contributed by atoms with Crippen LogP contribution in [0, 0.1) is 0 Å². The second-order valence-electron chi connectivity index (χ2n) is 7.26. The van der Waals surface area contributed by atoms with Crippen LogP contribution in [0.25, 0.3) is 10.6 Å². The molecule has 2 aromatic carbocycles. The van der Waals surface area contributed by atoms with Gasteiger partial charge in [0, 0.05) is 5.46 Å². The molecular formula is C26H28BBrN2O8S2. The van der Waals surface area contributed by atoms with Crippen molar-refractivity contribution in [3.05, 3.63) is 74.6 Å². The molecule has 212 valence electrons. The van der Waals surface area contributed by atoms with Crippen LogP contribution in [0.15, 0.2) is 64.8 Å². The van der Waals surface area contributed by atoms with Crippen LogP contribution in [-0.4, -0.2) is 66.5 Å². The summed E-state index contributed by atoms with van der Waals surface area (Å²) in [5, 5.41) is 18.4. The summed E-state index contributed by atoms with van der Waals surface area (Å²) >= 11 is 5.72. The molecule has 0 aliphatic rings. The minimum absolute atomic E-state index is 0.310. The predicted octanol–water partition coefficient (Wildman–Crippen LogP) is 4.45. The van der Waals surface area contributed by atoms with Gasteiger partial charge in [0.15, 0.2) is 3.92 Å². The Morgan fingerprint density at radius 2 is 1.35 bits per heavy atom. The zero-order valence-electron chi connectivity index (χ0n) is 22.2. The predicted molar refractivity (Wildman–Crippen MR) is 159 cm³/mol. The number of para-hydroxylation sites is 2. The average molecular weight is 651 g/mol. The fourth-order valence-corrected chi connectivity index (χ4v) is 4.95. The lowest BCUT2D eigenvalue weighted by atomic mass is 9.80. The molecule has 14 heteroatoms. The zero-order valence-corrected chi connectivity index (χ0v) is 25.4. The van der Waals surface area contributed by atoms with Crippen molar-refractivity contribution in [2.45, 2.75) is 13.8 Å². The third-order valence-corrected chi connectivity index (χ3v) is 7.16. The minimum atomic E-state index is -1.47. The summed E-state index contributed by atoms with van der Waals surface area (Å²) in [6.45, 7) is 4.31. The van der Waals surface area contributed by atoms with E-state index in [-0.39, 0.29) is 11.9 Å². The number of rotatable bonds is 8. The van der Waals surface area contributed by atoms with Gasteiger partial charge in [0.2, 0.25) is 0 Å². The highest BCUT2D eigenvalue weighted by Crippen LogP contribution is 2.32. The summed E-state index contributed by atoms with van der Waals surface area (Å²) in [7, 11) is 1.63. The van der Waals surface area contributed by atoms with E-state index in [2.05, 4.69) is 25.9 Å². The van der Waals surface area contributed by atoms with Crippen LogP contribution < -0.4 is 14.9 Å². The fourth-order valence-electron chi connectivity index (χ4n) is 2.95. The van der Waals surface area contributed by atoms with E-state index in [0.29, 0.717) is 38.1 Å². The van der Waals surface area contributed by atoms with Gasteiger partial charge in [-0.05, 0) is 48.0 Å². The molecule has 40 heavy (non-hydrogen) atoms. The zero-order chi connectivity index (χ0) is 29.5. The molecular weight excluding hydrogens is 623 g/mol. The Balaban J connectivity index is 0.000000222. The summed E-state index contributed by atoms with van der Waals surface area (Å²) in [5.41, 5.74) is 1.26. The normalized spacial score (nSPS) is 9.78. The van der Waals surface area contributed by atoms with E-state index >= 15 is 0 Å². The Hall–Kier alpha value is -3.30. The Bertz CT molecular complexity index is 1370. The average Bonchev–Trinajstić information content (AvgIpc) is 3.64. The molecule has 0 unspecified atom stereocenters. The largest absolute Gasteiger partial charge is 0.497 e. The van der Waals surface area contributed by atoms with Gasteiger partial charge >= 0.3 is 19.1 Å². The number of nitrogens with zero attached hydrogens (tertiary/aromatic N) is 2. The number of methoxy groups -OCH3 is 2. The number of halogens is 1. The van der Waals surface area contributed by atoms with E-state index in [1.54, 1.807) is 45.2 Å². The molecule has 4 rings (SSSR count). The third-order valence-electron chi connectivity index (χ3n) is 4.69. The van der Waals surface area contributed by atoms with Crippen molar-refractivity contribution in [2.24, 2.45) is 0 Å². The quantitative estimate of drug-likeness (QED) is 0.208. The van der Waals surface area contributed by atoms with Gasteiger partial charge in [-0.3, -0.25) is 0 Å². The molecule has 0 aliphatic carbocycles. The van der Waals surface area contributed by atoms with Gasteiger partial charge in [-0.25, -0.2) is 19.6 Å². The molecule has 0 aliphatic heterocycles. The number of aromatic nitrogens is 2. The SMILES string of the molecule is CCOC(=O)c1cnc(-c2ccccc2OC)s1.CCOC(=O)c1cnc(Br)s1.COc1ccccc1B(O)O. The van der Waals surface area contributed by atoms with E-state index < -0.39 is 7.12 Å². The molecule has 4 aromatic rings. The van der Waals surface area contributed by atoms with E-state index in [4.69, 9.17) is 29.0 Å². The van der Waals surface area contributed by atoms with Crippen LogP contribution in [0.3, 0.4) is 0 Å². The van der Waals surface area contributed by atoms with Gasteiger partial charge < -0.3 is 29.0 Å². The number of esters is 2. The van der Waals surface area contributed by atoms with Crippen molar-refractivity contribution in [1.29, 1.82) is 0 Å². The Morgan fingerprint density at radius 1 is 0.825 bits per heavy atom. The topological polar surface area (TPSA) is 137 Å². The smallest absolute Gasteiger partial charge is 0.492 e. The summed E-state index contributed by atoms with van der Waals surface area (Å²) in [6.07, 6.45) is 3.02. The highest BCUT2D eigenvalue weighted by molar-refractivity contribution is 9.11. The minimum Gasteiger partial charge on any atom is -0.497 e. The highest BCUT2D eigenvalue weighted by atomic mass is 79.9. The Labute approximate surface area is 248 Å². The molecule has 0 radical (unpaired) electrons. The lowest BCUT2D eigenvalue weighted by molar-refractivity contribution is 0.0522. The third kappa shape index (κ3) is 10.0. The molecule has 0 amide bonds. The molecule has 2 heterocycles. The fraction of sp³-hybridized carbons (Fsp3) is 0.231. The van der Waals surface area contributed by atoms with E-state index in [1.165, 1.54) is 42.2 Å². The van der Waals surface area contributed by atoms with E-state index in [9.17, 15) is 9.59 Å². The maximum atomic E-state index is 11.6. The molecule has 0 atom stereocenters. The van der Waals surface area contributed by atoms with Crippen molar-refractivity contribution >= 4 is 63.1 Å². The molecule has 2 N–H and O–H groups in total. The van der Waals surface area contributed by atoms with Crippen LogP contribution in [0.2, 0.25) is 0 Å². The highest BCUT2D eigenvalue weighted by Gasteiger charge is 2.16. The summed E-state index contributed by atoms with van der Waals surface area (Å²) in [5.74, 6) is 0.580. The number of hydrogen-bond acceptors (Lipinski definition) is 12. The van der Waals surface area contributed by atoms with E-state index in [1.807, 2.05) is 24.3 Å². The molecule has 0 saturated heterocycles. The first-order valence-electron chi connectivity index (χ1n) is 11.8.